The lowest BCUT2D eigenvalue weighted by molar-refractivity contribution is -0.113. The van der Waals surface area contributed by atoms with Gasteiger partial charge in [-0.1, -0.05) is 11.8 Å². The zero-order valence-corrected chi connectivity index (χ0v) is 16.9. The summed E-state index contributed by atoms with van der Waals surface area (Å²) in [5.41, 5.74) is 4.65. The van der Waals surface area contributed by atoms with Crippen LogP contribution in [0.25, 0.3) is 0 Å². The first-order chi connectivity index (χ1) is 13.1. The molecule has 0 saturated carbocycles. The molecule has 0 radical (unpaired) electrons. The van der Waals surface area contributed by atoms with Crippen LogP contribution in [0.5, 0.6) is 0 Å². The molecule has 0 fully saturated rings. The molecular formula is C18H23N5O4S. The Morgan fingerprint density at radius 1 is 1.14 bits per heavy atom. The third kappa shape index (κ3) is 6.95. The second kappa shape index (κ2) is 9.27. The van der Waals surface area contributed by atoms with Gasteiger partial charge in [0.2, 0.25) is 5.91 Å². The lowest BCUT2D eigenvalue weighted by Gasteiger charge is -2.19. The molecule has 3 N–H and O–H groups in total. The molecule has 1 aromatic carbocycles. The van der Waals surface area contributed by atoms with Crippen LogP contribution in [0.3, 0.4) is 0 Å². The summed E-state index contributed by atoms with van der Waals surface area (Å²) in [5.74, 6) is -0.474. The summed E-state index contributed by atoms with van der Waals surface area (Å²) in [5, 5.41) is 3.50. The Morgan fingerprint density at radius 3 is 2.39 bits per heavy atom. The largest absolute Gasteiger partial charge is 0.443 e. The first kappa shape index (κ1) is 21.3. The number of hydrogen-bond donors (Lipinski definition) is 3. The number of carbonyl (C=O) groups is 3. The van der Waals surface area contributed by atoms with Crippen LogP contribution in [0.1, 0.15) is 31.1 Å². The Kier molecular flexibility index (Phi) is 7.05. The highest BCUT2D eigenvalue weighted by Crippen LogP contribution is 2.15. The number of benzene rings is 1. The molecule has 0 aliphatic heterocycles. The molecule has 1 heterocycles. The maximum absolute atomic E-state index is 12.0. The van der Waals surface area contributed by atoms with Crippen molar-refractivity contribution in [2.75, 3.05) is 11.1 Å². The smallest absolute Gasteiger partial charge is 0.426 e. The Balaban J connectivity index is 1.80. The number of nitrogens with one attached hydrogen (secondary N) is 3. The quantitative estimate of drug-likeness (QED) is 0.520. The van der Waals surface area contributed by atoms with Gasteiger partial charge >= 0.3 is 6.09 Å². The second-order valence-corrected chi connectivity index (χ2v) is 7.76. The fraction of sp³-hybridized carbons (Fsp3) is 0.333. The molecule has 0 aliphatic carbocycles. The third-order valence-electron chi connectivity index (χ3n) is 3.22. The number of aromatic nitrogens is 2. The number of aryl methyl sites for hydroxylation is 1. The Labute approximate surface area is 167 Å². The summed E-state index contributed by atoms with van der Waals surface area (Å²) in [7, 11) is 1.86. The van der Waals surface area contributed by atoms with Crippen molar-refractivity contribution in [1.29, 1.82) is 0 Å². The molecule has 150 valence electrons. The van der Waals surface area contributed by atoms with Crippen LogP contribution in [0.2, 0.25) is 0 Å². The van der Waals surface area contributed by atoms with E-state index in [9.17, 15) is 14.4 Å². The lowest BCUT2D eigenvalue weighted by Crippen LogP contribution is -2.44. The van der Waals surface area contributed by atoms with Crippen molar-refractivity contribution in [3.63, 3.8) is 0 Å². The predicted octanol–water partition coefficient (Wildman–Crippen LogP) is 2.32. The number of carbonyl (C=O) groups excluding carboxylic acids is 3. The van der Waals surface area contributed by atoms with Crippen LogP contribution in [-0.2, 0) is 16.6 Å². The number of rotatable bonds is 5. The molecule has 0 atom stereocenters. The van der Waals surface area contributed by atoms with Gasteiger partial charge in [-0.15, -0.1) is 0 Å². The van der Waals surface area contributed by atoms with E-state index in [0.29, 0.717) is 11.3 Å². The summed E-state index contributed by atoms with van der Waals surface area (Å²) in [6.07, 6.45) is 2.72. The molecule has 10 heteroatoms. The van der Waals surface area contributed by atoms with Crippen LogP contribution in [0.4, 0.5) is 10.5 Å². The zero-order chi connectivity index (χ0) is 20.7. The molecule has 0 bridgehead atoms. The highest BCUT2D eigenvalue weighted by Gasteiger charge is 2.16. The van der Waals surface area contributed by atoms with Gasteiger partial charge in [0.1, 0.15) is 5.60 Å². The summed E-state index contributed by atoms with van der Waals surface area (Å²) < 4.78 is 6.85. The molecule has 2 rings (SSSR count). The van der Waals surface area contributed by atoms with Crippen molar-refractivity contribution in [2.24, 2.45) is 7.05 Å². The highest BCUT2D eigenvalue weighted by molar-refractivity contribution is 7.99. The molecule has 1 aromatic heterocycles. The standard InChI is InChI=1S/C18H23N5O4S/c1-18(2,3)27-17(26)22-21-15(25)12-5-7-13(8-6-12)20-14(24)11-28-16-19-9-10-23(16)4/h5-10H,11H2,1-4H3,(H,20,24)(H,21,25)(H,22,26). The van der Waals surface area contributed by atoms with Gasteiger partial charge in [-0.3, -0.25) is 15.0 Å². The van der Waals surface area contributed by atoms with E-state index in [-0.39, 0.29) is 11.7 Å². The Bertz CT molecular complexity index is 842. The number of thioether (sulfide) groups is 1. The maximum atomic E-state index is 12.0. The summed E-state index contributed by atoms with van der Waals surface area (Å²) in [6, 6.07) is 6.28. The van der Waals surface area contributed by atoms with Crippen molar-refractivity contribution in [3.05, 3.63) is 42.2 Å². The van der Waals surface area contributed by atoms with E-state index in [2.05, 4.69) is 21.2 Å². The number of amides is 3. The second-order valence-electron chi connectivity index (χ2n) is 6.82. The highest BCUT2D eigenvalue weighted by atomic mass is 32.2. The lowest BCUT2D eigenvalue weighted by atomic mass is 10.2. The predicted molar refractivity (Wildman–Crippen MR) is 106 cm³/mol. The van der Waals surface area contributed by atoms with Crippen LogP contribution in [0, 0.1) is 0 Å². The minimum absolute atomic E-state index is 0.184. The van der Waals surface area contributed by atoms with Gasteiger partial charge in [-0.25, -0.2) is 15.2 Å². The normalized spacial score (nSPS) is 10.9. The molecule has 2 aromatic rings. The van der Waals surface area contributed by atoms with Crippen molar-refractivity contribution in [1.82, 2.24) is 20.4 Å². The fourth-order valence-corrected chi connectivity index (χ4v) is 2.74. The van der Waals surface area contributed by atoms with E-state index < -0.39 is 17.6 Å². The van der Waals surface area contributed by atoms with Gasteiger partial charge in [0.15, 0.2) is 5.16 Å². The number of hydrogen-bond acceptors (Lipinski definition) is 6. The van der Waals surface area contributed by atoms with Gasteiger partial charge in [-0.2, -0.15) is 0 Å². The van der Waals surface area contributed by atoms with E-state index in [1.807, 2.05) is 17.8 Å². The topological polar surface area (TPSA) is 114 Å². The van der Waals surface area contributed by atoms with E-state index in [1.54, 1.807) is 39.1 Å². The van der Waals surface area contributed by atoms with Crippen molar-refractivity contribution in [3.8, 4) is 0 Å². The SMILES string of the molecule is Cn1ccnc1SCC(=O)Nc1ccc(C(=O)NNC(=O)OC(C)(C)C)cc1. The van der Waals surface area contributed by atoms with E-state index in [4.69, 9.17) is 4.74 Å². The number of hydrazine groups is 1. The Hall–Kier alpha value is -3.01. The average molecular weight is 405 g/mol. The van der Waals surface area contributed by atoms with Crippen LogP contribution < -0.4 is 16.2 Å². The first-order valence-corrected chi connectivity index (χ1v) is 9.42. The summed E-state index contributed by atoms with van der Waals surface area (Å²) >= 11 is 1.33. The number of ether oxygens (including phenoxy) is 1. The van der Waals surface area contributed by atoms with Gasteiger partial charge in [0, 0.05) is 30.7 Å². The Morgan fingerprint density at radius 2 is 1.82 bits per heavy atom. The maximum Gasteiger partial charge on any atom is 0.426 e. The van der Waals surface area contributed by atoms with Gasteiger partial charge in [0.25, 0.3) is 5.91 Å². The van der Waals surface area contributed by atoms with E-state index in [0.717, 1.165) is 5.16 Å². The number of nitrogens with zero attached hydrogens (tertiary/aromatic N) is 2. The molecule has 28 heavy (non-hydrogen) atoms. The zero-order valence-electron chi connectivity index (χ0n) is 16.1. The minimum Gasteiger partial charge on any atom is -0.443 e. The molecular weight excluding hydrogens is 382 g/mol. The summed E-state index contributed by atoms with van der Waals surface area (Å²) in [4.78, 5) is 39.7. The molecule has 9 nitrogen and oxygen atoms in total. The minimum atomic E-state index is -0.755. The average Bonchev–Trinajstić information content (AvgIpc) is 3.02. The third-order valence-corrected chi connectivity index (χ3v) is 4.28. The first-order valence-electron chi connectivity index (χ1n) is 8.43. The van der Waals surface area contributed by atoms with Gasteiger partial charge in [-0.05, 0) is 45.0 Å². The fourth-order valence-electron chi connectivity index (χ4n) is 2.01. The van der Waals surface area contributed by atoms with E-state index in [1.165, 1.54) is 23.9 Å². The molecule has 0 unspecified atom stereocenters. The molecule has 0 saturated heterocycles. The molecule has 0 aliphatic rings. The molecule has 3 amide bonds. The van der Waals surface area contributed by atoms with Crippen molar-refractivity contribution in [2.45, 2.75) is 31.5 Å². The summed E-state index contributed by atoms with van der Waals surface area (Å²) in [6.45, 7) is 5.16. The van der Waals surface area contributed by atoms with E-state index >= 15 is 0 Å². The van der Waals surface area contributed by atoms with Crippen LogP contribution >= 0.6 is 11.8 Å². The van der Waals surface area contributed by atoms with Crippen LogP contribution in [0.15, 0.2) is 41.8 Å². The van der Waals surface area contributed by atoms with Gasteiger partial charge in [0.05, 0.1) is 5.75 Å². The van der Waals surface area contributed by atoms with Gasteiger partial charge < -0.3 is 14.6 Å². The molecule has 0 spiro atoms. The van der Waals surface area contributed by atoms with Crippen LogP contribution in [-0.4, -0.2) is 38.8 Å². The van der Waals surface area contributed by atoms with Crippen molar-refractivity contribution < 1.29 is 19.1 Å². The number of anilines is 1. The number of imidazole rings is 1. The van der Waals surface area contributed by atoms with Crippen molar-refractivity contribution >= 4 is 35.4 Å². The monoisotopic (exact) mass is 405 g/mol.